The van der Waals surface area contributed by atoms with Crippen molar-refractivity contribution in [1.82, 2.24) is 15.0 Å². The number of nitrogens with zero attached hydrogens (tertiary/aromatic N) is 4. The van der Waals surface area contributed by atoms with Crippen molar-refractivity contribution in [1.29, 1.82) is 0 Å². The van der Waals surface area contributed by atoms with Gasteiger partial charge in [0, 0.05) is 32.2 Å². The summed E-state index contributed by atoms with van der Waals surface area (Å²) in [5, 5.41) is 3.96. The van der Waals surface area contributed by atoms with Gasteiger partial charge in [0.15, 0.2) is 5.82 Å². The monoisotopic (exact) mass is 416 g/mol. The minimum Gasteiger partial charge on any atom is -0.450 e. The first kappa shape index (κ1) is 19.1. The fraction of sp³-hybridized carbons (Fsp3) is 0.600. The summed E-state index contributed by atoms with van der Waals surface area (Å²) in [5.41, 5.74) is -0.804. The molecule has 3 saturated heterocycles. The highest BCUT2D eigenvalue weighted by molar-refractivity contribution is 6.02. The molecular formula is C20H24N4O6. The van der Waals surface area contributed by atoms with Crippen LogP contribution in [-0.2, 0) is 19.1 Å². The second-order valence-corrected chi connectivity index (χ2v) is 8.13. The van der Waals surface area contributed by atoms with Gasteiger partial charge in [0.2, 0.25) is 11.8 Å². The SMILES string of the molecule is CCOC(=O)N1CCN(C(=O)C2C3C(=O)N(c4cc(C)on4)C[C@@]34C=C[C@H]2O4)CC1. The van der Waals surface area contributed by atoms with Gasteiger partial charge < -0.3 is 23.8 Å². The highest BCUT2D eigenvalue weighted by Crippen LogP contribution is 2.53. The predicted octanol–water partition coefficient (Wildman–Crippen LogP) is 0.570. The summed E-state index contributed by atoms with van der Waals surface area (Å²) in [6.07, 6.45) is 3.03. The van der Waals surface area contributed by atoms with E-state index >= 15 is 0 Å². The molecule has 10 nitrogen and oxygen atoms in total. The molecule has 4 aliphatic heterocycles. The molecular weight excluding hydrogens is 392 g/mol. The lowest BCUT2D eigenvalue weighted by atomic mass is 9.76. The Morgan fingerprint density at radius 2 is 2.00 bits per heavy atom. The van der Waals surface area contributed by atoms with E-state index in [2.05, 4.69) is 5.16 Å². The largest absolute Gasteiger partial charge is 0.450 e. The smallest absolute Gasteiger partial charge is 0.409 e. The van der Waals surface area contributed by atoms with Gasteiger partial charge in [0.05, 0.1) is 31.1 Å². The van der Waals surface area contributed by atoms with E-state index in [1.54, 1.807) is 34.6 Å². The average Bonchev–Trinajstić information content (AvgIpc) is 3.49. The summed E-state index contributed by atoms with van der Waals surface area (Å²) >= 11 is 0. The summed E-state index contributed by atoms with van der Waals surface area (Å²) in [5.74, 6) is -0.379. The molecule has 1 spiro atoms. The van der Waals surface area contributed by atoms with Crippen LogP contribution in [0.15, 0.2) is 22.7 Å². The van der Waals surface area contributed by atoms with Gasteiger partial charge in [-0.3, -0.25) is 14.5 Å². The number of carbonyl (C=O) groups is 3. The fourth-order valence-corrected chi connectivity index (χ4v) is 4.99. The van der Waals surface area contributed by atoms with Crippen LogP contribution in [0, 0.1) is 18.8 Å². The van der Waals surface area contributed by atoms with Crippen LogP contribution in [0.4, 0.5) is 10.6 Å². The molecule has 30 heavy (non-hydrogen) atoms. The molecule has 1 aromatic heterocycles. The third-order valence-corrected chi connectivity index (χ3v) is 6.39. The molecule has 5 rings (SSSR count). The van der Waals surface area contributed by atoms with Gasteiger partial charge in [0.1, 0.15) is 11.4 Å². The number of carbonyl (C=O) groups excluding carboxylic acids is 3. The zero-order chi connectivity index (χ0) is 21.0. The van der Waals surface area contributed by atoms with Crippen molar-refractivity contribution in [2.45, 2.75) is 25.6 Å². The van der Waals surface area contributed by atoms with Crippen molar-refractivity contribution in [3.8, 4) is 0 Å². The van der Waals surface area contributed by atoms with Crippen molar-refractivity contribution >= 4 is 23.7 Å². The first-order chi connectivity index (χ1) is 14.4. The number of hydrogen-bond acceptors (Lipinski definition) is 7. The number of piperazine rings is 1. The molecule has 160 valence electrons. The molecule has 0 saturated carbocycles. The Bertz CT molecular complexity index is 920. The van der Waals surface area contributed by atoms with Crippen LogP contribution in [-0.4, -0.2) is 83.9 Å². The van der Waals surface area contributed by atoms with Crippen LogP contribution in [0.2, 0.25) is 0 Å². The summed E-state index contributed by atoms with van der Waals surface area (Å²) < 4.78 is 16.3. The number of amides is 3. The number of anilines is 1. The Morgan fingerprint density at radius 3 is 2.67 bits per heavy atom. The maximum atomic E-state index is 13.4. The summed E-state index contributed by atoms with van der Waals surface area (Å²) in [6, 6.07) is 1.71. The first-order valence-electron chi connectivity index (χ1n) is 10.3. The van der Waals surface area contributed by atoms with E-state index in [-0.39, 0.29) is 17.9 Å². The van der Waals surface area contributed by atoms with E-state index in [4.69, 9.17) is 14.0 Å². The molecule has 1 aromatic rings. The lowest BCUT2D eigenvalue weighted by Gasteiger charge is -2.36. The molecule has 3 amide bonds. The zero-order valence-electron chi connectivity index (χ0n) is 16.9. The van der Waals surface area contributed by atoms with Gasteiger partial charge in [-0.15, -0.1) is 0 Å². The number of hydrogen-bond donors (Lipinski definition) is 0. The number of fused-ring (bicyclic) bond motifs is 1. The second kappa shape index (κ2) is 6.83. The molecule has 0 aliphatic carbocycles. The van der Waals surface area contributed by atoms with E-state index < -0.39 is 23.5 Å². The van der Waals surface area contributed by atoms with E-state index in [0.717, 1.165) is 0 Å². The first-order valence-corrected chi connectivity index (χ1v) is 10.3. The normalized spacial score (nSPS) is 32.1. The van der Waals surface area contributed by atoms with Gasteiger partial charge in [-0.05, 0) is 13.8 Å². The molecule has 0 aromatic carbocycles. The molecule has 0 N–H and O–H groups in total. The number of aryl methyl sites for hydroxylation is 1. The Hall–Kier alpha value is -2.88. The maximum Gasteiger partial charge on any atom is 0.409 e. The van der Waals surface area contributed by atoms with Gasteiger partial charge in [-0.2, -0.15) is 0 Å². The molecule has 0 radical (unpaired) electrons. The standard InChI is InChI=1S/C20H24N4O6/c1-3-28-19(27)23-8-6-22(7-9-23)17(25)15-13-4-5-20(29-13)11-24(18(26)16(15)20)14-10-12(2)30-21-14/h4-5,10,13,15-16H,3,6-9,11H2,1-2H3/t13-,15?,16?,20+/m1/s1. The average molecular weight is 416 g/mol. The molecule has 5 heterocycles. The molecule has 2 unspecified atom stereocenters. The molecule has 4 aliphatic rings. The summed E-state index contributed by atoms with van der Waals surface area (Å²) in [7, 11) is 0. The van der Waals surface area contributed by atoms with Crippen molar-refractivity contribution in [3.63, 3.8) is 0 Å². The van der Waals surface area contributed by atoms with Gasteiger partial charge >= 0.3 is 6.09 Å². The molecule has 3 fully saturated rings. The topological polar surface area (TPSA) is 105 Å². The van der Waals surface area contributed by atoms with Crippen molar-refractivity contribution in [3.05, 3.63) is 24.0 Å². The minimum absolute atomic E-state index is 0.105. The van der Waals surface area contributed by atoms with Crippen LogP contribution in [0.3, 0.4) is 0 Å². The third kappa shape index (κ3) is 2.73. The summed E-state index contributed by atoms with van der Waals surface area (Å²) in [6.45, 7) is 5.79. The van der Waals surface area contributed by atoms with Crippen molar-refractivity contribution in [2.24, 2.45) is 11.8 Å². The summed E-state index contributed by atoms with van der Waals surface area (Å²) in [4.78, 5) is 43.5. The molecule has 10 heteroatoms. The van der Waals surface area contributed by atoms with Gasteiger partial charge in [-0.25, -0.2) is 4.79 Å². The lowest BCUT2D eigenvalue weighted by Crippen LogP contribution is -2.54. The quantitative estimate of drug-likeness (QED) is 0.664. The van der Waals surface area contributed by atoms with Gasteiger partial charge in [0.25, 0.3) is 0 Å². The highest BCUT2D eigenvalue weighted by Gasteiger charge is 2.67. The van der Waals surface area contributed by atoms with Gasteiger partial charge in [-0.1, -0.05) is 17.3 Å². The number of ether oxygens (including phenoxy) is 2. The van der Waals surface area contributed by atoms with Crippen LogP contribution in [0.25, 0.3) is 0 Å². The Kier molecular flexibility index (Phi) is 4.35. The Balaban J connectivity index is 1.32. The highest BCUT2D eigenvalue weighted by atomic mass is 16.6. The number of rotatable bonds is 3. The third-order valence-electron chi connectivity index (χ3n) is 6.39. The molecule has 4 atom stereocenters. The van der Waals surface area contributed by atoms with E-state index in [1.165, 1.54) is 0 Å². The van der Waals surface area contributed by atoms with Crippen LogP contribution < -0.4 is 4.90 Å². The van der Waals surface area contributed by atoms with Crippen molar-refractivity contribution < 1.29 is 28.4 Å². The van der Waals surface area contributed by atoms with E-state index in [1.807, 2.05) is 12.2 Å². The van der Waals surface area contributed by atoms with E-state index in [0.29, 0.717) is 50.9 Å². The lowest BCUT2D eigenvalue weighted by molar-refractivity contribution is -0.141. The van der Waals surface area contributed by atoms with Crippen molar-refractivity contribution in [2.75, 3.05) is 44.2 Å². The van der Waals surface area contributed by atoms with Crippen LogP contribution in [0.5, 0.6) is 0 Å². The fourth-order valence-electron chi connectivity index (χ4n) is 4.99. The number of aromatic nitrogens is 1. The van der Waals surface area contributed by atoms with Crippen LogP contribution >= 0.6 is 0 Å². The maximum absolute atomic E-state index is 13.4. The zero-order valence-corrected chi connectivity index (χ0v) is 16.9. The Labute approximate surface area is 173 Å². The van der Waals surface area contributed by atoms with E-state index in [9.17, 15) is 14.4 Å². The second-order valence-electron chi connectivity index (χ2n) is 8.13. The Morgan fingerprint density at radius 1 is 1.27 bits per heavy atom. The minimum atomic E-state index is -0.804. The molecule has 2 bridgehead atoms. The van der Waals surface area contributed by atoms with Crippen LogP contribution in [0.1, 0.15) is 12.7 Å². The predicted molar refractivity (Wildman–Crippen MR) is 102 cm³/mol.